The largest absolute Gasteiger partial charge is 0.497 e. The topological polar surface area (TPSA) is 59.9 Å². The van der Waals surface area contributed by atoms with Gasteiger partial charge >= 0.3 is 0 Å². The summed E-state index contributed by atoms with van der Waals surface area (Å²) >= 11 is 0. The normalized spacial score (nSPS) is 11.3. The summed E-state index contributed by atoms with van der Waals surface area (Å²) in [6.07, 6.45) is 0. The van der Waals surface area contributed by atoms with E-state index < -0.39 is 0 Å². The number of rotatable bonds is 4. The fourth-order valence-electron chi connectivity index (χ4n) is 1.33. The van der Waals surface area contributed by atoms with Crippen molar-refractivity contribution < 1.29 is 14.3 Å². The number of methoxy groups -OCH3 is 2. The summed E-state index contributed by atoms with van der Waals surface area (Å²) < 4.78 is 10.1. The Kier molecular flexibility index (Phi) is 5.85. The van der Waals surface area contributed by atoms with Crippen molar-refractivity contribution in [2.24, 2.45) is 10.9 Å². The highest BCUT2D eigenvalue weighted by molar-refractivity contribution is 6.04. The number of ether oxygens (including phenoxy) is 2. The standard InChI is InChI=1S/C14H20N2O3/c1-10(2)9-15-14(19-4)16-13(17)11-5-7-12(18-3)8-6-11/h5-8,10H,9H2,1-4H3,(H,15,16,17). The molecular weight excluding hydrogens is 244 g/mol. The van der Waals surface area contributed by atoms with Crippen LogP contribution in [0, 0.1) is 5.92 Å². The zero-order valence-electron chi connectivity index (χ0n) is 11.8. The molecule has 0 spiro atoms. The number of amides is 1. The van der Waals surface area contributed by atoms with Gasteiger partial charge in [0.25, 0.3) is 11.9 Å². The van der Waals surface area contributed by atoms with Gasteiger partial charge in [-0.05, 0) is 30.2 Å². The number of aliphatic imine (C=N–C) groups is 1. The second kappa shape index (κ2) is 7.41. The Morgan fingerprint density at radius 2 is 1.89 bits per heavy atom. The summed E-state index contributed by atoms with van der Waals surface area (Å²) in [6, 6.07) is 7.06. The Balaban J connectivity index is 2.68. The van der Waals surface area contributed by atoms with Crippen LogP contribution in [0.2, 0.25) is 0 Å². The predicted molar refractivity (Wildman–Crippen MR) is 74.6 cm³/mol. The average molecular weight is 264 g/mol. The Labute approximate surface area is 113 Å². The van der Waals surface area contributed by atoms with Crippen molar-refractivity contribution in [2.75, 3.05) is 20.8 Å². The van der Waals surface area contributed by atoms with Crippen molar-refractivity contribution in [3.63, 3.8) is 0 Å². The third-order valence-electron chi connectivity index (χ3n) is 2.37. The lowest BCUT2D eigenvalue weighted by Gasteiger charge is -2.08. The molecule has 0 atom stereocenters. The number of benzene rings is 1. The minimum atomic E-state index is -0.257. The first-order chi connectivity index (χ1) is 9.06. The van der Waals surface area contributed by atoms with Gasteiger partial charge in [-0.2, -0.15) is 0 Å². The average Bonchev–Trinajstić information content (AvgIpc) is 2.43. The van der Waals surface area contributed by atoms with Gasteiger partial charge in [0, 0.05) is 12.1 Å². The van der Waals surface area contributed by atoms with E-state index >= 15 is 0 Å². The van der Waals surface area contributed by atoms with Crippen LogP contribution in [0.3, 0.4) is 0 Å². The van der Waals surface area contributed by atoms with Crippen LogP contribution < -0.4 is 10.1 Å². The van der Waals surface area contributed by atoms with Crippen LogP contribution in [-0.4, -0.2) is 32.7 Å². The summed E-state index contributed by atoms with van der Waals surface area (Å²) in [5, 5.41) is 2.62. The molecule has 1 aromatic carbocycles. The van der Waals surface area contributed by atoms with Gasteiger partial charge in [0.2, 0.25) is 0 Å². The first-order valence-electron chi connectivity index (χ1n) is 6.10. The second-order valence-corrected chi connectivity index (χ2v) is 4.43. The predicted octanol–water partition coefficient (Wildman–Crippen LogP) is 2.08. The van der Waals surface area contributed by atoms with Gasteiger partial charge in [0.15, 0.2) is 0 Å². The van der Waals surface area contributed by atoms with Crippen molar-refractivity contribution in [3.05, 3.63) is 29.8 Å². The second-order valence-electron chi connectivity index (χ2n) is 4.43. The van der Waals surface area contributed by atoms with Crippen LogP contribution in [0.4, 0.5) is 0 Å². The molecule has 0 heterocycles. The highest BCUT2D eigenvalue weighted by Gasteiger charge is 2.09. The Bertz CT molecular complexity index is 439. The number of carbonyl (C=O) groups is 1. The maximum Gasteiger partial charge on any atom is 0.291 e. The van der Waals surface area contributed by atoms with Crippen LogP contribution in [0.5, 0.6) is 5.75 Å². The van der Waals surface area contributed by atoms with Crippen molar-refractivity contribution in [1.29, 1.82) is 0 Å². The molecule has 0 bridgehead atoms. The molecule has 0 fully saturated rings. The van der Waals surface area contributed by atoms with E-state index in [2.05, 4.69) is 10.3 Å². The van der Waals surface area contributed by atoms with Crippen LogP contribution >= 0.6 is 0 Å². The Hall–Kier alpha value is -2.04. The minimum absolute atomic E-state index is 0.231. The maximum absolute atomic E-state index is 11.9. The van der Waals surface area contributed by atoms with Crippen LogP contribution in [0.15, 0.2) is 29.3 Å². The van der Waals surface area contributed by atoms with Gasteiger partial charge in [-0.15, -0.1) is 0 Å². The van der Waals surface area contributed by atoms with E-state index in [0.717, 1.165) is 0 Å². The lowest BCUT2D eigenvalue weighted by molar-refractivity contribution is 0.0968. The van der Waals surface area contributed by atoms with Crippen LogP contribution in [-0.2, 0) is 4.74 Å². The molecule has 0 aromatic heterocycles. The molecule has 0 aliphatic carbocycles. The molecule has 5 heteroatoms. The minimum Gasteiger partial charge on any atom is -0.497 e. The molecule has 0 saturated heterocycles. The number of hydrogen-bond acceptors (Lipinski definition) is 4. The molecular formula is C14H20N2O3. The third-order valence-corrected chi connectivity index (χ3v) is 2.37. The molecule has 1 amide bonds. The molecule has 1 N–H and O–H groups in total. The van der Waals surface area contributed by atoms with E-state index in [4.69, 9.17) is 9.47 Å². The SMILES string of the molecule is COC(=NCC(C)C)NC(=O)c1ccc(OC)cc1. The molecule has 1 aromatic rings. The summed E-state index contributed by atoms with van der Waals surface area (Å²) in [6.45, 7) is 4.69. The van der Waals surface area contributed by atoms with Gasteiger partial charge in [-0.3, -0.25) is 10.1 Å². The molecule has 0 aliphatic heterocycles. The van der Waals surface area contributed by atoms with Crippen molar-refractivity contribution in [3.8, 4) is 5.75 Å². The molecule has 5 nitrogen and oxygen atoms in total. The van der Waals surface area contributed by atoms with Gasteiger partial charge in [-0.25, -0.2) is 4.99 Å². The van der Waals surface area contributed by atoms with Crippen molar-refractivity contribution in [1.82, 2.24) is 5.32 Å². The highest BCUT2D eigenvalue weighted by Crippen LogP contribution is 2.11. The lowest BCUT2D eigenvalue weighted by Crippen LogP contribution is -2.32. The fourth-order valence-corrected chi connectivity index (χ4v) is 1.33. The monoisotopic (exact) mass is 264 g/mol. The Morgan fingerprint density at radius 1 is 1.26 bits per heavy atom. The maximum atomic E-state index is 11.9. The first kappa shape index (κ1) is 15.0. The zero-order chi connectivity index (χ0) is 14.3. The van der Waals surface area contributed by atoms with E-state index in [1.54, 1.807) is 31.4 Å². The van der Waals surface area contributed by atoms with Gasteiger partial charge in [0.05, 0.1) is 14.2 Å². The van der Waals surface area contributed by atoms with E-state index in [1.807, 2.05) is 13.8 Å². The molecule has 0 unspecified atom stereocenters. The van der Waals surface area contributed by atoms with E-state index in [9.17, 15) is 4.79 Å². The van der Waals surface area contributed by atoms with Crippen molar-refractivity contribution in [2.45, 2.75) is 13.8 Å². The summed E-state index contributed by atoms with van der Waals surface area (Å²) in [5.41, 5.74) is 0.523. The van der Waals surface area contributed by atoms with Gasteiger partial charge in [-0.1, -0.05) is 13.8 Å². The number of nitrogens with one attached hydrogen (secondary N) is 1. The summed E-state index contributed by atoms with van der Waals surface area (Å²) in [7, 11) is 3.06. The molecule has 0 radical (unpaired) electrons. The lowest BCUT2D eigenvalue weighted by atomic mass is 10.2. The number of hydrogen-bond donors (Lipinski definition) is 1. The van der Waals surface area contributed by atoms with E-state index in [0.29, 0.717) is 23.8 Å². The summed E-state index contributed by atoms with van der Waals surface area (Å²) in [5.74, 6) is 0.854. The number of amidine groups is 1. The van der Waals surface area contributed by atoms with E-state index in [1.165, 1.54) is 7.11 Å². The quantitative estimate of drug-likeness (QED) is 0.669. The highest BCUT2D eigenvalue weighted by atomic mass is 16.5. The molecule has 0 aliphatic rings. The van der Waals surface area contributed by atoms with Crippen LogP contribution in [0.1, 0.15) is 24.2 Å². The fraction of sp³-hybridized carbons (Fsp3) is 0.429. The zero-order valence-corrected chi connectivity index (χ0v) is 11.8. The smallest absolute Gasteiger partial charge is 0.291 e. The molecule has 1 rings (SSSR count). The van der Waals surface area contributed by atoms with Crippen molar-refractivity contribution >= 4 is 11.9 Å². The molecule has 0 saturated carbocycles. The summed E-state index contributed by atoms with van der Waals surface area (Å²) in [4.78, 5) is 16.1. The Morgan fingerprint density at radius 3 is 2.37 bits per heavy atom. The number of carbonyl (C=O) groups excluding carboxylic acids is 1. The van der Waals surface area contributed by atoms with Gasteiger partial charge < -0.3 is 9.47 Å². The van der Waals surface area contributed by atoms with E-state index in [-0.39, 0.29) is 11.9 Å². The van der Waals surface area contributed by atoms with Gasteiger partial charge in [0.1, 0.15) is 5.75 Å². The first-order valence-corrected chi connectivity index (χ1v) is 6.10. The van der Waals surface area contributed by atoms with Crippen LogP contribution in [0.25, 0.3) is 0 Å². The number of nitrogens with zero attached hydrogens (tertiary/aromatic N) is 1. The molecule has 19 heavy (non-hydrogen) atoms. The third kappa shape index (κ3) is 4.99. The molecule has 104 valence electrons.